The van der Waals surface area contributed by atoms with Gasteiger partial charge in [-0.2, -0.15) is 0 Å². The third-order valence-corrected chi connectivity index (χ3v) is 5.39. The molecule has 0 bridgehead atoms. The Morgan fingerprint density at radius 2 is 2.08 bits per heavy atom. The molecule has 0 aliphatic heterocycles. The van der Waals surface area contributed by atoms with Gasteiger partial charge in [-0.1, -0.05) is 30.9 Å². The Bertz CT molecular complexity index is 785. The summed E-state index contributed by atoms with van der Waals surface area (Å²) < 4.78 is 7.38. The van der Waals surface area contributed by atoms with Crippen LogP contribution in [-0.2, 0) is 16.1 Å². The van der Waals surface area contributed by atoms with Crippen LogP contribution in [-0.4, -0.2) is 17.1 Å². The van der Waals surface area contributed by atoms with Gasteiger partial charge in [0, 0.05) is 34.2 Å². The van der Waals surface area contributed by atoms with E-state index in [1.54, 1.807) is 0 Å². The van der Waals surface area contributed by atoms with Crippen LogP contribution in [0.4, 0.5) is 0 Å². The number of rotatable bonds is 5. The standard InChI is InChI=1S/C21H26ClNO2/c1-3-25-21(24)12-11-19-15(2)18-13-17(22)9-10-20(18)23(19)14-16-7-5-4-6-8-16/h9-13,16H,3-8,14H2,1-2H3/b12-11+. The molecular weight excluding hydrogens is 334 g/mol. The first-order valence-electron chi connectivity index (χ1n) is 9.23. The van der Waals surface area contributed by atoms with Crippen LogP contribution >= 0.6 is 11.6 Å². The van der Waals surface area contributed by atoms with Crippen LogP contribution in [0, 0.1) is 12.8 Å². The second-order valence-corrected chi connectivity index (χ2v) is 7.31. The lowest BCUT2D eigenvalue weighted by atomic mass is 9.89. The molecule has 2 aromatic rings. The van der Waals surface area contributed by atoms with Gasteiger partial charge in [0.15, 0.2) is 0 Å². The number of hydrogen-bond acceptors (Lipinski definition) is 2. The monoisotopic (exact) mass is 359 g/mol. The van der Waals surface area contributed by atoms with Gasteiger partial charge < -0.3 is 9.30 Å². The molecular formula is C21H26ClNO2. The first kappa shape index (κ1) is 18.1. The van der Waals surface area contributed by atoms with Crippen molar-refractivity contribution < 1.29 is 9.53 Å². The topological polar surface area (TPSA) is 31.2 Å². The van der Waals surface area contributed by atoms with E-state index in [-0.39, 0.29) is 5.97 Å². The van der Waals surface area contributed by atoms with Crippen LogP contribution in [0.3, 0.4) is 0 Å². The van der Waals surface area contributed by atoms with Gasteiger partial charge in [-0.25, -0.2) is 4.79 Å². The molecule has 0 spiro atoms. The Morgan fingerprint density at radius 1 is 1.32 bits per heavy atom. The van der Waals surface area contributed by atoms with E-state index in [2.05, 4.69) is 17.6 Å². The van der Waals surface area contributed by atoms with Gasteiger partial charge in [0.1, 0.15) is 0 Å². The highest BCUT2D eigenvalue weighted by Gasteiger charge is 2.19. The molecule has 1 fully saturated rings. The summed E-state index contributed by atoms with van der Waals surface area (Å²) in [5.74, 6) is 0.406. The van der Waals surface area contributed by atoms with Gasteiger partial charge in [0.25, 0.3) is 0 Å². The maximum absolute atomic E-state index is 11.8. The van der Waals surface area contributed by atoms with Gasteiger partial charge in [0.05, 0.1) is 6.61 Å². The fraction of sp³-hybridized carbons (Fsp3) is 0.476. The predicted molar refractivity (Wildman–Crippen MR) is 104 cm³/mol. The lowest BCUT2D eigenvalue weighted by molar-refractivity contribution is -0.137. The van der Waals surface area contributed by atoms with Crippen molar-refractivity contribution in [3.63, 3.8) is 0 Å². The summed E-state index contributed by atoms with van der Waals surface area (Å²) in [7, 11) is 0. The van der Waals surface area contributed by atoms with Crippen LogP contribution < -0.4 is 0 Å². The molecule has 0 radical (unpaired) electrons. The highest BCUT2D eigenvalue weighted by Crippen LogP contribution is 2.32. The van der Waals surface area contributed by atoms with Gasteiger partial charge in [0.2, 0.25) is 0 Å². The van der Waals surface area contributed by atoms with Crippen LogP contribution in [0.2, 0.25) is 5.02 Å². The molecule has 4 heteroatoms. The molecule has 0 atom stereocenters. The number of ether oxygens (including phenoxy) is 1. The molecule has 0 unspecified atom stereocenters. The van der Waals surface area contributed by atoms with Gasteiger partial charge in [-0.15, -0.1) is 0 Å². The zero-order valence-electron chi connectivity index (χ0n) is 15.1. The quantitative estimate of drug-likeness (QED) is 0.502. The number of carbonyl (C=O) groups excluding carboxylic acids is 1. The molecule has 0 amide bonds. The highest BCUT2D eigenvalue weighted by molar-refractivity contribution is 6.31. The Kier molecular flexibility index (Phi) is 5.85. The zero-order chi connectivity index (χ0) is 17.8. The first-order chi connectivity index (χ1) is 12.1. The number of benzene rings is 1. The Hall–Kier alpha value is -1.74. The maximum atomic E-state index is 11.8. The number of aromatic nitrogens is 1. The van der Waals surface area contributed by atoms with Crippen LogP contribution in [0.1, 0.15) is 50.3 Å². The fourth-order valence-corrected chi connectivity index (χ4v) is 4.06. The number of fused-ring (bicyclic) bond motifs is 1. The summed E-state index contributed by atoms with van der Waals surface area (Å²) in [5.41, 5.74) is 3.43. The highest BCUT2D eigenvalue weighted by atomic mass is 35.5. The Balaban J connectivity index is 2.01. The van der Waals surface area contributed by atoms with Crippen LogP contribution in [0.15, 0.2) is 24.3 Å². The van der Waals surface area contributed by atoms with Gasteiger partial charge in [-0.05, 0) is 62.4 Å². The van der Waals surface area contributed by atoms with E-state index in [0.29, 0.717) is 12.5 Å². The molecule has 1 aliphatic carbocycles. The molecule has 1 heterocycles. The second-order valence-electron chi connectivity index (χ2n) is 6.87. The van der Waals surface area contributed by atoms with Crippen molar-refractivity contribution in [3.8, 4) is 0 Å². The number of hydrogen-bond donors (Lipinski definition) is 0. The molecule has 134 valence electrons. The normalized spacial score (nSPS) is 16.0. The smallest absolute Gasteiger partial charge is 0.330 e. The number of halogens is 1. The molecule has 1 aromatic carbocycles. The van der Waals surface area contributed by atoms with Crippen LogP contribution in [0.25, 0.3) is 17.0 Å². The van der Waals surface area contributed by atoms with Crippen LogP contribution in [0.5, 0.6) is 0 Å². The Morgan fingerprint density at radius 3 is 2.80 bits per heavy atom. The first-order valence-corrected chi connectivity index (χ1v) is 9.61. The molecule has 1 aliphatic rings. The number of nitrogens with zero attached hydrogens (tertiary/aromatic N) is 1. The number of esters is 1. The summed E-state index contributed by atoms with van der Waals surface area (Å²) >= 11 is 6.21. The lowest BCUT2D eigenvalue weighted by Crippen LogP contribution is -2.15. The van der Waals surface area contributed by atoms with Gasteiger partial charge in [-0.3, -0.25) is 0 Å². The van der Waals surface area contributed by atoms with E-state index in [4.69, 9.17) is 16.3 Å². The third-order valence-electron chi connectivity index (χ3n) is 5.16. The van der Waals surface area contributed by atoms with E-state index in [9.17, 15) is 4.79 Å². The van der Waals surface area contributed by atoms with Crippen molar-refractivity contribution in [2.45, 2.75) is 52.5 Å². The average molecular weight is 360 g/mol. The minimum atomic E-state index is -0.297. The van der Waals surface area contributed by atoms with Crippen molar-refractivity contribution in [3.05, 3.63) is 40.6 Å². The summed E-state index contributed by atoms with van der Waals surface area (Å²) in [6, 6.07) is 6.06. The minimum absolute atomic E-state index is 0.297. The third kappa shape index (κ3) is 4.09. The van der Waals surface area contributed by atoms with Crippen molar-refractivity contribution >= 4 is 34.5 Å². The SMILES string of the molecule is CCOC(=O)/C=C/c1c(C)c2cc(Cl)ccc2n1CC1CCCCC1. The number of carbonyl (C=O) groups is 1. The van der Waals surface area contributed by atoms with E-state index >= 15 is 0 Å². The van der Waals surface area contributed by atoms with Crippen molar-refractivity contribution in [2.24, 2.45) is 5.92 Å². The van der Waals surface area contributed by atoms with Crippen molar-refractivity contribution in [2.75, 3.05) is 6.61 Å². The Labute approximate surface area is 154 Å². The van der Waals surface area contributed by atoms with Crippen molar-refractivity contribution in [1.29, 1.82) is 0 Å². The second kappa shape index (κ2) is 8.09. The summed E-state index contributed by atoms with van der Waals surface area (Å²) in [6.07, 6.45) is 9.99. The summed E-state index contributed by atoms with van der Waals surface area (Å²) in [4.78, 5) is 11.8. The van der Waals surface area contributed by atoms with Gasteiger partial charge >= 0.3 is 5.97 Å². The summed E-state index contributed by atoms with van der Waals surface area (Å²) in [5, 5.41) is 1.90. The van der Waals surface area contributed by atoms with Crippen molar-refractivity contribution in [1.82, 2.24) is 4.57 Å². The largest absolute Gasteiger partial charge is 0.463 e. The zero-order valence-corrected chi connectivity index (χ0v) is 15.8. The molecule has 1 saturated carbocycles. The predicted octanol–water partition coefficient (Wildman–Crippen LogP) is 5.76. The maximum Gasteiger partial charge on any atom is 0.330 e. The molecule has 0 N–H and O–H groups in total. The fourth-order valence-electron chi connectivity index (χ4n) is 3.89. The van der Waals surface area contributed by atoms with E-state index in [1.807, 2.05) is 25.1 Å². The van der Waals surface area contributed by atoms with E-state index in [1.165, 1.54) is 43.7 Å². The molecule has 3 nitrogen and oxygen atoms in total. The summed E-state index contributed by atoms with van der Waals surface area (Å²) in [6.45, 7) is 5.30. The molecule has 25 heavy (non-hydrogen) atoms. The minimum Gasteiger partial charge on any atom is -0.463 e. The lowest BCUT2D eigenvalue weighted by Gasteiger charge is -2.23. The average Bonchev–Trinajstić information content (AvgIpc) is 2.86. The van der Waals surface area contributed by atoms with E-state index in [0.717, 1.165) is 28.2 Å². The number of aryl methyl sites for hydroxylation is 1. The molecule has 3 rings (SSSR count). The molecule has 0 saturated heterocycles. The van der Waals surface area contributed by atoms with E-state index < -0.39 is 0 Å². The molecule has 1 aromatic heterocycles.